The fourth-order valence-electron chi connectivity index (χ4n) is 0.938. The van der Waals surface area contributed by atoms with Crippen molar-refractivity contribution in [3.8, 4) is 0 Å². The maximum atomic E-state index is 2.36. The van der Waals surface area contributed by atoms with Crippen LogP contribution in [0.25, 0.3) is 0 Å². The summed E-state index contributed by atoms with van der Waals surface area (Å²) in [5.41, 5.74) is 0. The number of hydrogen-bond donors (Lipinski definition) is 0. The topological polar surface area (TPSA) is 0 Å². The van der Waals surface area contributed by atoms with Crippen LogP contribution in [0.2, 0.25) is 0 Å². The third-order valence-electron chi connectivity index (χ3n) is 1.64. The molecule has 0 N–H and O–H groups in total. The van der Waals surface area contributed by atoms with E-state index in [0.29, 0.717) is 0 Å². The van der Waals surface area contributed by atoms with Crippen molar-refractivity contribution in [2.45, 2.75) is 0 Å². The van der Waals surface area contributed by atoms with Crippen molar-refractivity contribution in [3.05, 3.63) is 30.3 Å². The molecule has 0 heterocycles. The van der Waals surface area contributed by atoms with Crippen LogP contribution < -0.4 is 5.30 Å². The normalized spacial score (nSPS) is 10.9. The van der Waals surface area contributed by atoms with E-state index in [1.54, 1.807) is 0 Å². The molecule has 12 heavy (non-hydrogen) atoms. The van der Waals surface area contributed by atoms with Crippen LogP contribution in [0, 0.1) is 0 Å². The molecule has 0 atom stereocenters. The molecule has 0 aliphatic heterocycles. The summed E-state index contributed by atoms with van der Waals surface area (Å²) >= 11 is 0. The predicted octanol–water partition coefficient (Wildman–Crippen LogP) is 2.79. The smallest absolute Gasteiger partial charge is 0.147 e. The molecule has 0 radical (unpaired) electrons. The average Bonchev–Trinajstić information content (AvgIpc) is 1.88. The third kappa shape index (κ3) is 4.30. The van der Waals surface area contributed by atoms with Crippen LogP contribution in [0.15, 0.2) is 30.3 Å². The van der Waals surface area contributed by atoms with E-state index in [-0.39, 0.29) is 24.8 Å². The molecule has 1 aromatic carbocycles. The number of hydrogen-bond acceptors (Lipinski definition) is 0. The predicted molar refractivity (Wildman–Crippen MR) is 66.7 cm³/mol. The first kappa shape index (κ1) is 14.7. The van der Waals surface area contributed by atoms with Gasteiger partial charge in [0.2, 0.25) is 0 Å². The quantitative estimate of drug-likeness (QED) is 0.647. The molecule has 0 fully saturated rings. The van der Waals surface area contributed by atoms with Crippen LogP contribution in [0.5, 0.6) is 0 Å². The van der Waals surface area contributed by atoms with Gasteiger partial charge in [0.15, 0.2) is 0 Å². The van der Waals surface area contributed by atoms with Crippen LogP contribution in [-0.2, 0) is 0 Å². The van der Waals surface area contributed by atoms with Crippen molar-refractivity contribution in [2.24, 2.45) is 0 Å². The number of benzene rings is 1. The Kier molecular flexibility index (Phi) is 7.13. The second kappa shape index (κ2) is 5.80. The van der Waals surface area contributed by atoms with Gasteiger partial charge in [0, 0.05) is 0 Å². The van der Waals surface area contributed by atoms with E-state index in [9.17, 15) is 0 Å². The number of halogens is 2. The Hall–Kier alpha value is 0.230. The van der Waals surface area contributed by atoms with Crippen molar-refractivity contribution in [1.29, 1.82) is 0 Å². The summed E-state index contributed by atoms with van der Waals surface area (Å²) in [6, 6.07) is 10.8. The Labute approximate surface area is 87.9 Å². The average molecular weight is 227 g/mol. The van der Waals surface area contributed by atoms with Gasteiger partial charge in [0.25, 0.3) is 0 Å². The van der Waals surface area contributed by atoms with Crippen molar-refractivity contribution in [2.75, 3.05) is 20.0 Å². The molecule has 3 heteroatoms. The van der Waals surface area contributed by atoms with Gasteiger partial charge in [-0.15, -0.1) is 24.8 Å². The maximum Gasteiger partial charge on any atom is -0.147 e. The Morgan fingerprint density at radius 1 is 0.833 bits per heavy atom. The van der Waals surface area contributed by atoms with Crippen molar-refractivity contribution < 1.29 is 0 Å². The van der Waals surface area contributed by atoms with Gasteiger partial charge in [-0.05, 0) is 0 Å². The van der Waals surface area contributed by atoms with E-state index in [1.165, 1.54) is 5.30 Å². The molecule has 0 bridgehead atoms. The van der Waals surface area contributed by atoms with E-state index < -0.39 is 7.26 Å². The Morgan fingerprint density at radius 2 is 1.25 bits per heavy atom. The molecule has 1 rings (SSSR count). The van der Waals surface area contributed by atoms with Gasteiger partial charge in [-0.25, -0.2) is 0 Å². The molecule has 0 amide bonds. The molecule has 0 nitrogen and oxygen atoms in total. The van der Waals surface area contributed by atoms with E-state index in [0.717, 1.165) is 0 Å². The summed E-state index contributed by atoms with van der Waals surface area (Å²) in [7, 11) is -1.03. The van der Waals surface area contributed by atoms with Crippen molar-refractivity contribution >= 4 is 37.4 Å². The van der Waals surface area contributed by atoms with Crippen molar-refractivity contribution in [1.82, 2.24) is 0 Å². The zero-order chi connectivity index (χ0) is 7.61. The van der Waals surface area contributed by atoms with Crippen LogP contribution in [0.3, 0.4) is 0 Å². The Balaban J connectivity index is 0. The number of rotatable bonds is 1. The molecular formula is C9H17Cl2P. The molecule has 1 aromatic rings. The SMILES string of the molecule is C[PH](C)(C)c1ccccc1.Cl.Cl. The zero-order valence-electron chi connectivity index (χ0n) is 7.70. The first-order valence-corrected chi connectivity index (χ1v) is 7.16. The summed E-state index contributed by atoms with van der Waals surface area (Å²) in [5, 5.41) is 1.54. The minimum absolute atomic E-state index is 0. The standard InChI is InChI=1S/C9H15P.2ClH/c1-10(2,3)9-7-5-4-6-8-9;;/h4-8,10H,1-3H3;2*1H. The first-order chi connectivity index (χ1) is 4.61. The van der Waals surface area contributed by atoms with Gasteiger partial charge in [-0.2, -0.15) is 0 Å². The van der Waals surface area contributed by atoms with Crippen molar-refractivity contribution in [3.63, 3.8) is 0 Å². The monoisotopic (exact) mass is 226 g/mol. The molecule has 0 aromatic heterocycles. The van der Waals surface area contributed by atoms with Gasteiger partial charge >= 0.3 is 62.9 Å². The Morgan fingerprint density at radius 3 is 1.50 bits per heavy atom. The molecule has 72 valence electrons. The molecule has 0 unspecified atom stereocenters. The summed E-state index contributed by atoms with van der Waals surface area (Å²) in [4.78, 5) is 0. The summed E-state index contributed by atoms with van der Waals surface area (Å²) in [5.74, 6) is 0. The molecule has 0 saturated heterocycles. The van der Waals surface area contributed by atoms with Gasteiger partial charge in [0.1, 0.15) is 0 Å². The van der Waals surface area contributed by atoms with E-state index in [1.807, 2.05) is 0 Å². The van der Waals surface area contributed by atoms with Gasteiger partial charge in [-0.1, -0.05) is 0 Å². The van der Waals surface area contributed by atoms with E-state index in [4.69, 9.17) is 0 Å². The summed E-state index contributed by atoms with van der Waals surface area (Å²) in [6.07, 6.45) is 0. The van der Waals surface area contributed by atoms with Crippen LogP contribution in [0.1, 0.15) is 0 Å². The first-order valence-electron chi connectivity index (χ1n) is 3.66. The van der Waals surface area contributed by atoms with Gasteiger partial charge < -0.3 is 0 Å². The van der Waals surface area contributed by atoms with Gasteiger partial charge in [0.05, 0.1) is 0 Å². The Bertz CT molecular complexity index is 204. The third-order valence-corrected chi connectivity index (χ3v) is 3.71. The zero-order valence-corrected chi connectivity index (χ0v) is 10.3. The minimum atomic E-state index is -1.03. The summed E-state index contributed by atoms with van der Waals surface area (Å²) < 4.78 is 0. The minimum Gasteiger partial charge on any atom is -0.147 e. The van der Waals surface area contributed by atoms with E-state index in [2.05, 4.69) is 50.3 Å². The second-order valence-electron chi connectivity index (χ2n) is 3.62. The van der Waals surface area contributed by atoms with E-state index >= 15 is 0 Å². The van der Waals surface area contributed by atoms with Crippen LogP contribution in [-0.4, -0.2) is 20.0 Å². The second-order valence-corrected chi connectivity index (χ2v) is 8.69. The molecule has 0 aliphatic carbocycles. The van der Waals surface area contributed by atoms with Crippen LogP contribution in [0.4, 0.5) is 0 Å². The fourth-order valence-corrected chi connectivity index (χ4v) is 2.13. The molecule has 0 spiro atoms. The fraction of sp³-hybridized carbons (Fsp3) is 0.333. The molecular weight excluding hydrogens is 210 g/mol. The summed E-state index contributed by atoms with van der Waals surface area (Å²) in [6.45, 7) is 7.09. The van der Waals surface area contributed by atoms with Gasteiger partial charge in [-0.3, -0.25) is 0 Å². The largest absolute Gasteiger partial charge is 0.147 e. The molecule has 0 aliphatic rings. The molecule has 0 saturated carbocycles. The maximum absolute atomic E-state index is 2.36. The van der Waals surface area contributed by atoms with Crippen LogP contribution >= 0.6 is 32.1 Å².